The fourth-order valence-electron chi connectivity index (χ4n) is 2.72. The van der Waals surface area contributed by atoms with Crippen molar-refractivity contribution in [1.29, 1.82) is 0 Å². The van der Waals surface area contributed by atoms with Gasteiger partial charge in [-0.15, -0.1) is 0 Å². The number of hydrogen-bond donors (Lipinski definition) is 4. The minimum Gasteiger partial charge on any atom is -0.369 e. The van der Waals surface area contributed by atoms with Gasteiger partial charge in [0.2, 0.25) is 0 Å². The molecule has 138 valence electrons. The highest BCUT2D eigenvalue weighted by atomic mass is 32.2. The summed E-state index contributed by atoms with van der Waals surface area (Å²) in [5.41, 5.74) is 3.93. The van der Waals surface area contributed by atoms with Crippen LogP contribution >= 0.6 is 0 Å². The van der Waals surface area contributed by atoms with E-state index in [4.69, 9.17) is 5.14 Å². The van der Waals surface area contributed by atoms with Crippen LogP contribution in [0.5, 0.6) is 0 Å². The van der Waals surface area contributed by atoms with Crippen LogP contribution in [0.2, 0.25) is 0 Å². The van der Waals surface area contributed by atoms with Crippen LogP contribution in [0.15, 0.2) is 30.7 Å². The summed E-state index contributed by atoms with van der Waals surface area (Å²) in [6.45, 7) is 3.02. The lowest BCUT2D eigenvalue weighted by atomic mass is 10.0. The highest BCUT2D eigenvalue weighted by molar-refractivity contribution is 7.87. The minimum atomic E-state index is -3.62. The molecule has 0 unspecified atom stereocenters. The van der Waals surface area contributed by atoms with Crippen LogP contribution in [0, 0.1) is 6.92 Å². The minimum absolute atomic E-state index is 0.317. The van der Waals surface area contributed by atoms with E-state index in [-0.39, 0.29) is 0 Å². The number of unbranched alkanes of at least 4 members (excludes halogenated alkanes) is 1. The van der Waals surface area contributed by atoms with Crippen molar-refractivity contribution in [3.05, 3.63) is 36.3 Å². The molecule has 9 nitrogen and oxygen atoms in total. The number of anilines is 1. The average Bonchev–Trinajstić information content (AvgIpc) is 3.11. The van der Waals surface area contributed by atoms with Gasteiger partial charge in [0.15, 0.2) is 0 Å². The molecule has 10 heteroatoms. The van der Waals surface area contributed by atoms with Crippen LogP contribution in [0.25, 0.3) is 22.2 Å². The largest absolute Gasteiger partial charge is 0.369 e. The fourth-order valence-corrected chi connectivity index (χ4v) is 3.15. The molecule has 0 aliphatic carbocycles. The summed E-state index contributed by atoms with van der Waals surface area (Å²) in [7, 11) is -3.62. The smallest absolute Gasteiger partial charge is 0.274 e. The third-order valence-electron chi connectivity index (χ3n) is 3.97. The van der Waals surface area contributed by atoms with Crippen LogP contribution in [0.3, 0.4) is 0 Å². The molecule has 0 aliphatic rings. The van der Waals surface area contributed by atoms with Crippen LogP contribution in [0.1, 0.15) is 18.4 Å². The van der Waals surface area contributed by atoms with Crippen LogP contribution in [-0.4, -0.2) is 41.7 Å². The number of aryl methyl sites for hydroxylation is 1. The lowest BCUT2D eigenvalue weighted by Crippen LogP contribution is -2.31. The number of H-pyrrole nitrogens is 1. The second-order valence-electron chi connectivity index (χ2n) is 5.95. The first kappa shape index (κ1) is 18.2. The van der Waals surface area contributed by atoms with Crippen LogP contribution < -0.4 is 15.2 Å². The molecule has 3 aromatic rings. The molecule has 0 radical (unpaired) electrons. The van der Waals surface area contributed by atoms with E-state index in [9.17, 15) is 8.42 Å². The number of nitrogens with two attached hydrogens (primary N) is 1. The Morgan fingerprint density at radius 2 is 2.00 bits per heavy atom. The SMILES string of the molecule is Cc1cc2c(NCCCCNS(N)(=O)=O)ncnc2cc1-c1ccn[nH]1. The fraction of sp³-hybridized carbons (Fsp3) is 0.312. The quantitative estimate of drug-likeness (QED) is 0.438. The number of aromatic nitrogens is 4. The number of nitrogens with one attached hydrogen (secondary N) is 3. The lowest BCUT2D eigenvalue weighted by Gasteiger charge is -2.11. The zero-order valence-corrected chi connectivity index (χ0v) is 15.2. The number of hydrogen-bond acceptors (Lipinski definition) is 6. The molecule has 1 aromatic carbocycles. The van der Waals surface area contributed by atoms with E-state index < -0.39 is 10.2 Å². The van der Waals surface area contributed by atoms with E-state index in [0.717, 1.165) is 40.0 Å². The van der Waals surface area contributed by atoms with Gasteiger partial charge < -0.3 is 5.32 Å². The maximum atomic E-state index is 10.8. The number of benzene rings is 1. The molecule has 3 rings (SSSR count). The second kappa shape index (κ2) is 7.77. The maximum absolute atomic E-state index is 10.8. The monoisotopic (exact) mass is 375 g/mol. The Bertz CT molecular complexity index is 987. The average molecular weight is 375 g/mol. The molecule has 0 saturated carbocycles. The molecular weight excluding hydrogens is 354 g/mol. The Hall–Kier alpha value is -2.56. The molecule has 26 heavy (non-hydrogen) atoms. The van der Waals surface area contributed by atoms with Crippen molar-refractivity contribution in [2.24, 2.45) is 5.14 Å². The van der Waals surface area contributed by atoms with Crippen molar-refractivity contribution in [3.8, 4) is 11.3 Å². The third-order valence-corrected chi connectivity index (χ3v) is 4.58. The van der Waals surface area contributed by atoms with E-state index in [1.54, 1.807) is 6.20 Å². The van der Waals surface area contributed by atoms with Crippen molar-refractivity contribution >= 4 is 26.9 Å². The standard InChI is InChI=1S/C16H21N7O2S/c1-11-8-13-15(9-12(11)14-4-7-21-23-14)19-10-20-16(13)18-5-2-3-6-22-26(17,24)25/h4,7-10,22H,2-3,5-6H2,1H3,(H,21,23)(H2,17,24,25)(H,18,19,20). The van der Waals surface area contributed by atoms with Gasteiger partial charge in [0.05, 0.1) is 11.2 Å². The van der Waals surface area contributed by atoms with Gasteiger partial charge in [-0.2, -0.15) is 13.5 Å². The first-order valence-electron chi connectivity index (χ1n) is 8.20. The Kier molecular flexibility index (Phi) is 5.45. The number of nitrogens with zero attached hydrogens (tertiary/aromatic N) is 3. The molecule has 5 N–H and O–H groups in total. The van der Waals surface area contributed by atoms with Gasteiger partial charge in [0.1, 0.15) is 12.1 Å². The van der Waals surface area contributed by atoms with Crippen molar-refractivity contribution < 1.29 is 8.42 Å². The molecule has 2 aromatic heterocycles. The summed E-state index contributed by atoms with van der Waals surface area (Å²) >= 11 is 0. The topological polar surface area (TPSA) is 139 Å². The highest BCUT2D eigenvalue weighted by Gasteiger charge is 2.09. The van der Waals surface area contributed by atoms with Gasteiger partial charge in [-0.25, -0.2) is 19.8 Å². The van der Waals surface area contributed by atoms with Gasteiger partial charge >= 0.3 is 0 Å². The summed E-state index contributed by atoms with van der Waals surface area (Å²) in [5, 5.41) is 16.1. The Labute approximate surface area is 151 Å². The van der Waals surface area contributed by atoms with E-state index in [1.807, 2.05) is 19.1 Å². The van der Waals surface area contributed by atoms with Crippen molar-refractivity contribution in [3.63, 3.8) is 0 Å². The molecule has 0 spiro atoms. The Balaban J connectivity index is 1.69. The molecule has 0 aliphatic heterocycles. The molecule has 0 amide bonds. The van der Waals surface area contributed by atoms with Crippen LogP contribution in [-0.2, 0) is 10.2 Å². The van der Waals surface area contributed by atoms with E-state index in [0.29, 0.717) is 19.5 Å². The number of aromatic amines is 1. The lowest BCUT2D eigenvalue weighted by molar-refractivity contribution is 0.579. The zero-order valence-electron chi connectivity index (χ0n) is 14.4. The molecule has 0 saturated heterocycles. The first-order chi connectivity index (χ1) is 12.4. The summed E-state index contributed by atoms with van der Waals surface area (Å²) in [5.74, 6) is 0.758. The van der Waals surface area contributed by atoms with E-state index >= 15 is 0 Å². The van der Waals surface area contributed by atoms with E-state index in [1.165, 1.54) is 6.33 Å². The van der Waals surface area contributed by atoms with Gasteiger partial charge in [-0.05, 0) is 43.5 Å². The van der Waals surface area contributed by atoms with Gasteiger partial charge in [0, 0.05) is 30.2 Å². The Morgan fingerprint density at radius 3 is 2.73 bits per heavy atom. The third kappa shape index (κ3) is 4.54. The molecular formula is C16H21N7O2S. The van der Waals surface area contributed by atoms with Gasteiger partial charge in [0.25, 0.3) is 10.2 Å². The van der Waals surface area contributed by atoms with Gasteiger partial charge in [-0.1, -0.05) is 0 Å². The number of rotatable bonds is 8. The molecule has 0 bridgehead atoms. The summed E-state index contributed by atoms with van der Waals surface area (Å²) in [6, 6.07) is 5.99. The van der Waals surface area contributed by atoms with Crippen LogP contribution in [0.4, 0.5) is 5.82 Å². The van der Waals surface area contributed by atoms with Crippen molar-refractivity contribution in [1.82, 2.24) is 24.9 Å². The predicted molar refractivity (Wildman–Crippen MR) is 101 cm³/mol. The normalized spacial score (nSPS) is 11.8. The molecule has 0 fully saturated rings. The Morgan fingerprint density at radius 1 is 1.19 bits per heavy atom. The first-order valence-corrected chi connectivity index (χ1v) is 9.75. The summed E-state index contributed by atoms with van der Waals surface area (Å²) in [6.07, 6.45) is 4.70. The predicted octanol–water partition coefficient (Wildman–Crippen LogP) is 1.31. The molecule has 2 heterocycles. The zero-order chi connectivity index (χ0) is 18.6. The summed E-state index contributed by atoms with van der Waals surface area (Å²) < 4.78 is 23.9. The maximum Gasteiger partial charge on any atom is 0.274 e. The van der Waals surface area contributed by atoms with Gasteiger partial charge in [-0.3, -0.25) is 5.10 Å². The summed E-state index contributed by atoms with van der Waals surface area (Å²) in [4.78, 5) is 8.69. The number of fused-ring (bicyclic) bond motifs is 1. The van der Waals surface area contributed by atoms with E-state index in [2.05, 4.69) is 36.3 Å². The van der Waals surface area contributed by atoms with Crippen molar-refractivity contribution in [2.75, 3.05) is 18.4 Å². The molecule has 0 atom stereocenters. The van der Waals surface area contributed by atoms with Crippen molar-refractivity contribution in [2.45, 2.75) is 19.8 Å². The highest BCUT2D eigenvalue weighted by Crippen LogP contribution is 2.28. The second-order valence-corrected chi connectivity index (χ2v) is 7.33.